The molecule has 1 unspecified atom stereocenters. The molecular formula is C23H38F2N2O5. The number of halogens is 2. The van der Waals surface area contributed by atoms with Gasteiger partial charge in [-0.1, -0.05) is 13.8 Å². The van der Waals surface area contributed by atoms with Crippen LogP contribution in [0, 0.1) is 11.8 Å². The number of carbonyl (C=O) groups is 3. The van der Waals surface area contributed by atoms with Gasteiger partial charge in [-0.15, -0.1) is 0 Å². The van der Waals surface area contributed by atoms with Crippen LogP contribution >= 0.6 is 0 Å². The van der Waals surface area contributed by atoms with Crippen LogP contribution in [0.1, 0.15) is 75.2 Å². The molecule has 2 amide bonds. The molecule has 0 aliphatic carbocycles. The zero-order valence-electron chi connectivity index (χ0n) is 20.6. The van der Waals surface area contributed by atoms with Crippen molar-refractivity contribution in [3.8, 4) is 0 Å². The van der Waals surface area contributed by atoms with Gasteiger partial charge in [-0.2, -0.15) is 8.78 Å². The van der Waals surface area contributed by atoms with Gasteiger partial charge >= 0.3 is 12.1 Å². The van der Waals surface area contributed by atoms with E-state index in [0.29, 0.717) is 6.42 Å². The third-order valence-corrected chi connectivity index (χ3v) is 4.74. The summed E-state index contributed by atoms with van der Waals surface area (Å²) in [7, 11) is 0. The summed E-state index contributed by atoms with van der Waals surface area (Å²) in [6.45, 7) is 15.3. The Hall–Kier alpha value is -2.19. The van der Waals surface area contributed by atoms with E-state index in [4.69, 9.17) is 9.47 Å². The second kappa shape index (κ2) is 10.6. The topological polar surface area (TPSA) is 84.9 Å². The van der Waals surface area contributed by atoms with Crippen molar-refractivity contribution < 1.29 is 32.6 Å². The first-order chi connectivity index (χ1) is 14.4. The van der Waals surface area contributed by atoms with Crippen LogP contribution in [-0.4, -0.2) is 52.2 Å². The standard InChI is InChI=1S/C23H38F2N2O5/c1-13(2)10-16(26-14(3)28)19-15(12-18(24)25)11-17(20(29)31-22(4,5)6)27(19)21(30)32-23(7,8)9/h12-13,15-17,19H,10-11H2,1-9H3,(H,26,28)/t15-,16-,17?,19+/m0/s1. The molecule has 1 heterocycles. The molecule has 0 bridgehead atoms. The van der Waals surface area contributed by atoms with Gasteiger partial charge in [-0.25, -0.2) is 9.59 Å². The number of hydrogen-bond donors (Lipinski definition) is 1. The second-order valence-electron chi connectivity index (χ2n) is 10.7. The van der Waals surface area contributed by atoms with E-state index >= 15 is 0 Å². The number of likely N-dealkylation sites (tertiary alicyclic amines) is 1. The molecule has 1 fully saturated rings. The average Bonchev–Trinajstić information content (AvgIpc) is 2.88. The Kier molecular flexibility index (Phi) is 9.24. The molecule has 0 aromatic heterocycles. The van der Waals surface area contributed by atoms with Crippen molar-refractivity contribution in [3.05, 3.63) is 12.2 Å². The third-order valence-electron chi connectivity index (χ3n) is 4.74. The van der Waals surface area contributed by atoms with Crippen molar-refractivity contribution in [2.75, 3.05) is 0 Å². The Balaban J connectivity index is 3.57. The Morgan fingerprint density at radius 1 is 1.06 bits per heavy atom. The highest BCUT2D eigenvalue weighted by molar-refractivity contribution is 5.83. The Morgan fingerprint density at radius 2 is 1.59 bits per heavy atom. The summed E-state index contributed by atoms with van der Waals surface area (Å²) in [5.74, 6) is -1.84. The number of carbonyl (C=O) groups excluding carboxylic acids is 3. The van der Waals surface area contributed by atoms with E-state index in [1.54, 1.807) is 41.5 Å². The minimum atomic E-state index is -1.92. The van der Waals surface area contributed by atoms with Crippen molar-refractivity contribution in [2.24, 2.45) is 11.8 Å². The number of esters is 1. The Labute approximate surface area is 189 Å². The van der Waals surface area contributed by atoms with Crippen LogP contribution in [0.2, 0.25) is 0 Å². The molecule has 1 aliphatic heterocycles. The quantitative estimate of drug-likeness (QED) is 0.583. The number of amides is 2. The molecule has 1 saturated heterocycles. The summed E-state index contributed by atoms with van der Waals surface area (Å²) in [6.07, 6.45) is -1.62. The minimum Gasteiger partial charge on any atom is -0.458 e. The highest BCUT2D eigenvalue weighted by atomic mass is 19.3. The second-order valence-corrected chi connectivity index (χ2v) is 10.7. The van der Waals surface area contributed by atoms with Gasteiger partial charge in [0, 0.05) is 12.8 Å². The monoisotopic (exact) mass is 460 g/mol. The molecule has 1 rings (SSSR count). The van der Waals surface area contributed by atoms with Crippen LogP contribution in [0.25, 0.3) is 0 Å². The zero-order valence-corrected chi connectivity index (χ0v) is 20.6. The molecule has 1 aliphatic rings. The Morgan fingerprint density at radius 3 is 2.00 bits per heavy atom. The van der Waals surface area contributed by atoms with E-state index < -0.39 is 53.4 Å². The molecule has 0 aromatic rings. The van der Waals surface area contributed by atoms with Gasteiger partial charge in [0.05, 0.1) is 12.1 Å². The lowest BCUT2D eigenvalue weighted by molar-refractivity contribution is -0.160. The SMILES string of the molecule is CC(=O)N[C@@H](CC(C)C)[C@H]1[C@H](C=C(F)F)CC(C(=O)OC(C)(C)C)N1C(=O)OC(C)(C)C. The highest BCUT2D eigenvalue weighted by Gasteiger charge is 2.52. The van der Waals surface area contributed by atoms with Crippen LogP contribution in [0.3, 0.4) is 0 Å². The van der Waals surface area contributed by atoms with Gasteiger partial charge in [0.25, 0.3) is 6.08 Å². The maximum absolute atomic E-state index is 13.4. The number of nitrogens with zero attached hydrogens (tertiary/aromatic N) is 1. The minimum absolute atomic E-state index is 0.0651. The molecule has 0 aromatic carbocycles. The predicted molar refractivity (Wildman–Crippen MR) is 117 cm³/mol. The van der Waals surface area contributed by atoms with Gasteiger partial charge in [-0.3, -0.25) is 9.69 Å². The van der Waals surface area contributed by atoms with E-state index in [-0.39, 0.29) is 18.2 Å². The maximum Gasteiger partial charge on any atom is 0.411 e. The van der Waals surface area contributed by atoms with Crippen molar-refractivity contribution in [1.82, 2.24) is 10.2 Å². The molecule has 32 heavy (non-hydrogen) atoms. The van der Waals surface area contributed by atoms with Gasteiger partial charge in [-0.05, 0) is 66.4 Å². The predicted octanol–water partition coefficient (Wildman–Crippen LogP) is 4.65. The van der Waals surface area contributed by atoms with Gasteiger partial charge in [0.2, 0.25) is 5.91 Å². The van der Waals surface area contributed by atoms with Crippen molar-refractivity contribution >= 4 is 18.0 Å². The average molecular weight is 461 g/mol. The largest absolute Gasteiger partial charge is 0.458 e. The maximum atomic E-state index is 13.4. The van der Waals surface area contributed by atoms with Crippen molar-refractivity contribution in [2.45, 2.75) is 104 Å². The van der Waals surface area contributed by atoms with E-state index in [1.165, 1.54) is 11.8 Å². The molecule has 184 valence electrons. The summed E-state index contributed by atoms with van der Waals surface area (Å²) >= 11 is 0. The summed E-state index contributed by atoms with van der Waals surface area (Å²) in [4.78, 5) is 39.4. The molecule has 1 N–H and O–H groups in total. The van der Waals surface area contributed by atoms with Crippen LogP contribution in [-0.2, 0) is 19.1 Å². The molecule has 4 atom stereocenters. The Bertz CT molecular complexity index is 721. The summed E-state index contributed by atoms with van der Waals surface area (Å²) < 4.78 is 37.8. The summed E-state index contributed by atoms with van der Waals surface area (Å²) in [5.41, 5.74) is -1.71. The van der Waals surface area contributed by atoms with Crippen LogP contribution < -0.4 is 5.32 Å². The molecule has 7 nitrogen and oxygen atoms in total. The van der Waals surface area contributed by atoms with E-state index in [0.717, 1.165) is 6.08 Å². The van der Waals surface area contributed by atoms with E-state index in [2.05, 4.69) is 5.32 Å². The molecule has 9 heteroatoms. The van der Waals surface area contributed by atoms with Crippen molar-refractivity contribution in [3.63, 3.8) is 0 Å². The van der Waals surface area contributed by atoms with Crippen LogP contribution in [0.4, 0.5) is 13.6 Å². The first-order valence-corrected chi connectivity index (χ1v) is 11.0. The lowest BCUT2D eigenvalue weighted by Crippen LogP contribution is -2.57. The fraction of sp³-hybridized carbons (Fsp3) is 0.783. The first-order valence-electron chi connectivity index (χ1n) is 11.0. The first kappa shape index (κ1) is 27.8. The number of nitrogens with one attached hydrogen (secondary N) is 1. The number of hydrogen-bond acceptors (Lipinski definition) is 5. The zero-order chi connectivity index (χ0) is 25.0. The van der Waals surface area contributed by atoms with Crippen molar-refractivity contribution in [1.29, 1.82) is 0 Å². The van der Waals surface area contributed by atoms with Gasteiger partial charge < -0.3 is 14.8 Å². The van der Waals surface area contributed by atoms with Crippen LogP contribution in [0.15, 0.2) is 12.2 Å². The summed E-state index contributed by atoms with van der Waals surface area (Å²) in [6, 6.07) is -2.69. The molecule has 0 radical (unpaired) electrons. The number of rotatable bonds is 6. The smallest absolute Gasteiger partial charge is 0.411 e. The fourth-order valence-corrected chi connectivity index (χ4v) is 3.94. The van der Waals surface area contributed by atoms with Crippen LogP contribution in [0.5, 0.6) is 0 Å². The third kappa shape index (κ3) is 8.74. The van der Waals surface area contributed by atoms with E-state index in [1.807, 2.05) is 13.8 Å². The highest BCUT2D eigenvalue weighted by Crippen LogP contribution is 2.38. The molecule has 0 saturated carbocycles. The molecular weight excluding hydrogens is 422 g/mol. The fourth-order valence-electron chi connectivity index (χ4n) is 3.94. The number of ether oxygens (including phenoxy) is 2. The lowest BCUT2D eigenvalue weighted by Gasteiger charge is -2.38. The normalized spacial score (nSPS) is 22.4. The summed E-state index contributed by atoms with van der Waals surface area (Å²) in [5, 5.41) is 2.80. The lowest BCUT2D eigenvalue weighted by atomic mass is 9.88. The van der Waals surface area contributed by atoms with Gasteiger partial charge in [0.15, 0.2) is 0 Å². The molecule has 0 spiro atoms. The van der Waals surface area contributed by atoms with E-state index in [9.17, 15) is 23.2 Å². The van der Waals surface area contributed by atoms with Gasteiger partial charge in [0.1, 0.15) is 17.2 Å².